The van der Waals surface area contributed by atoms with Crippen LogP contribution in [0.2, 0.25) is 0 Å². The van der Waals surface area contributed by atoms with Gasteiger partial charge in [0.2, 0.25) is 5.89 Å². The van der Waals surface area contributed by atoms with Gasteiger partial charge in [0.05, 0.1) is 12.5 Å². The topological polar surface area (TPSA) is 83.6 Å². The van der Waals surface area contributed by atoms with Crippen molar-refractivity contribution in [1.29, 1.82) is 0 Å². The summed E-state index contributed by atoms with van der Waals surface area (Å²) in [6, 6.07) is 7.19. The van der Waals surface area contributed by atoms with Gasteiger partial charge in [-0.1, -0.05) is 12.1 Å². The molecule has 3 rings (SSSR count). The standard InChI is InChI=1S/C13H12N2O4/c16-6-5-15(13(17)18)10-7-8(10)12-14-9-3-1-2-4-11(9)19-12/h1-4,6,8,10H,5,7H2,(H,17,18)/t8?,10-/m0/s1. The van der Waals surface area contributed by atoms with Crippen molar-refractivity contribution in [3.05, 3.63) is 30.2 Å². The van der Waals surface area contributed by atoms with Gasteiger partial charge in [-0.25, -0.2) is 9.78 Å². The second-order valence-corrected chi connectivity index (χ2v) is 4.53. The molecule has 98 valence electrons. The van der Waals surface area contributed by atoms with Crippen molar-refractivity contribution in [2.75, 3.05) is 6.54 Å². The van der Waals surface area contributed by atoms with Crippen molar-refractivity contribution in [1.82, 2.24) is 9.88 Å². The van der Waals surface area contributed by atoms with Crippen LogP contribution in [0.25, 0.3) is 11.1 Å². The van der Waals surface area contributed by atoms with Gasteiger partial charge in [-0.2, -0.15) is 0 Å². The molecule has 1 unspecified atom stereocenters. The monoisotopic (exact) mass is 260 g/mol. The van der Waals surface area contributed by atoms with E-state index in [9.17, 15) is 9.59 Å². The minimum absolute atomic E-state index is 0.0524. The number of aromatic nitrogens is 1. The number of rotatable bonds is 4. The molecule has 1 aliphatic carbocycles. The van der Waals surface area contributed by atoms with E-state index in [-0.39, 0.29) is 18.5 Å². The highest BCUT2D eigenvalue weighted by Crippen LogP contribution is 2.44. The quantitative estimate of drug-likeness (QED) is 0.848. The molecule has 1 heterocycles. The van der Waals surface area contributed by atoms with Crippen LogP contribution in [0.15, 0.2) is 28.7 Å². The Bertz CT molecular complexity index is 603. The van der Waals surface area contributed by atoms with Gasteiger partial charge in [-0.15, -0.1) is 0 Å². The molecular weight excluding hydrogens is 248 g/mol. The number of carboxylic acid groups (broad SMARTS) is 1. The highest BCUT2D eigenvalue weighted by atomic mass is 16.4. The van der Waals surface area contributed by atoms with Crippen LogP contribution in [-0.2, 0) is 4.79 Å². The predicted octanol–water partition coefficient (Wildman–Crippen LogP) is 1.86. The number of hydrogen-bond acceptors (Lipinski definition) is 4. The lowest BCUT2D eigenvalue weighted by Gasteiger charge is -2.15. The Morgan fingerprint density at radius 3 is 3.00 bits per heavy atom. The lowest BCUT2D eigenvalue weighted by Crippen LogP contribution is -2.34. The Hall–Kier alpha value is -2.37. The summed E-state index contributed by atoms with van der Waals surface area (Å²) < 4.78 is 5.61. The zero-order valence-corrected chi connectivity index (χ0v) is 10.0. The fourth-order valence-electron chi connectivity index (χ4n) is 2.28. The first-order valence-corrected chi connectivity index (χ1v) is 5.99. The zero-order valence-electron chi connectivity index (χ0n) is 10.0. The number of fused-ring (bicyclic) bond motifs is 1. The summed E-state index contributed by atoms with van der Waals surface area (Å²) in [5.41, 5.74) is 1.46. The van der Waals surface area contributed by atoms with Gasteiger partial charge in [0.1, 0.15) is 11.8 Å². The molecule has 1 fully saturated rings. The fourth-order valence-corrected chi connectivity index (χ4v) is 2.28. The highest BCUT2D eigenvalue weighted by Gasteiger charge is 2.48. The SMILES string of the molecule is O=CCN(C(=O)O)[C@H]1CC1c1nc2ccccc2o1. The molecule has 1 aromatic carbocycles. The molecule has 6 nitrogen and oxygen atoms in total. The first-order valence-electron chi connectivity index (χ1n) is 5.99. The van der Waals surface area contributed by atoms with E-state index >= 15 is 0 Å². The van der Waals surface area contributed by atoms with Gasteiger partial charge in [0, 0.05) is 6.04 Å². The number of oxazole rings is 1. The highest BCUT2D eigenvalue weighted by molar-refractivity contribution is 5.73. The van der Waals surface area contributed by atoms with Crippen LogP contribution >= 0.6 is 0 Å². The Balaban J connectivity index is 1.81. The second kappa shape index (κ2) is 4.38. The summed E-state index contributed by atoms with van der Waals surface area (Å²) in [6.07, 6.45) is 0.151. The largest absolute Gasteiger partial charge is 0.465 e. The van der Waals surface area contributed by atoms with Gasteiger partial charge < -0.3 is 14.3 Å². The second-order valence-electron chi connectivity index (χ2n) is 4.53. The average molecular weight is 260 g/mol. The third-order valence-corrected chi connectivity index (χ3v) is 3.30. The number of carbonyl (C=O) groups excluding carboxylic acids is 1. The Morgan fingerprint density at radius 2 is 2.32 bits per heavy atom. The van der Waals surface area contributed by atoms with Gasteiger partial charge in [-0.05, 0) is 18.6 Å². The van der Waals surface area contributed by atoms with E-state index in [2.05, 4.69) is 4.98 Å². The molecule has 0 aliphatic heterocycles. The summed E-state index contributed by atoms with van der Waals surface area (Å²) in [5, 5.41) is 9.04. The average Bonchev–Trinajstić information content (AvgIpc) is 3.06. The Labute approximate surface area is 108 Å². The van der Waals surface area contributed by atoms with Crippen molar-refractivity contribution < 1.29 is 19.1 Å². The number of carbonyl (C=O) groups is 2. The number of nitrogens with zero attached hydrogens (tertiary/aromatic N) is 2. The van der Waals surface area contributed by atoms with Crippen LogP contribution in [0, 0.1) is 0 Å². The molecular formula is C13H12N2O4. The van der Waals surface area contributed by atoms with E-state index in [1.165, 1.54) is 0 Å². The first-order chi connectivity index (χ1) is 9.20. The molecule has 0 saturated heterocycles. The Morgan fingerprint density at radius 1 is 1.53 bits per heavy atom. The van der Waals surface area contributed by atoms with Gasteiger partial charge in [-0.3, -0.25) is 4.90 Å². The molecule has 1 N–H and O–H groups in total. The van der Waals surface area contributed by atoms with Crippen molar-refractivity contribution in [3.63, 3.8) is 0 Å². The lowest BCUT2D eigenvalue weighted by atomic mass is 10.3. The summed E-state index contributed by atoms with van der Waals surface area (Å²) in [7, 11) is 0. The van der Waals surface area contributed by atoms with E-state index < -0.39 is 6.09 Å². The van der Waals surface area contributed by atoms with Crippen LogP contribution in [0.4, 0.5) is 4.79 Å². The van der Waals surface area contributed by atoms with E-state index in [1.807, 2.05) is 24.3 Å². The fraction of sp³-hybridized carbons (Fsp3) is 0.308. The Kier molecular flexibility index (Phi) is 2.70. The predicted molar refractivity (Wildman–Crippen MR) is 65.9 cm³/mol. The molecule has 1 aromatic heterocycles. The van der Waals surface area contributed by atoms with Crippen molar-refractivity contribution >= 4 is 23.5 Å². The van der Waals surface area contributed by atoms with Crippen molar-refractivity contribution in [2.24, 2.45) is 0 Å². The summed E-state index contributed by atoms with van der Waals surface area (Å²) in [5.74, 6) is 0.492. The molecule has 1 saturated carbocycles. The van der Waals surface area contributed by atoms with Gasteiger partial charge in [0.15, 0.2) is 5.58 Å². The number of para-hydroxylation sites is 2. The van der Waals surface area contributed by atoms with Crippen LogP contribution in [0.5, 0.6) is 0 Å². The zero-order chi connectivity index (χ0) is 13.4. The van der Waals surface area contributed by atoms with Crippen LogP contribution in [0.3, 0.4) is 0 Å². The summed E-state index contributed by atoms with van der Waals surface area (Å²) >= 11 is 0. The molecule has 0 spiro atoms. The lowest BCUT2D eigenvalue weighted by molar-refractivity contribution is -0.108. The molecule has 2 aromatic rings. The van der Waals surface area contributed by atoms with Crippen LogP contribution < -0.4 is 0 Å². The minimum Gasteiger partial charge on any atom is -0.465 e. The molecule has 1 aliphatic rings. The normalized spacial score (nSPS) is 21.3. The van der Waals surface area contributed by atoms with Crippen molar-refractivity contribution in [2.45, 2.75) is 18.4 Å². The molecule has 0 radical (unpaired) electrons. The summed E-state index contributed by atoms with van der Waals surface area (Å²) in [6.45, 7) is -0.114. The molecule has 2 atom stereocenters. The number of aldehydes is 1. The van der Waals surface area contributed by atoms with Crippen LogP contribution in [0.1, 0.15) is 18.2 Å². The number of benzene rings is 1. The van der Waals surface area contributed by atoms with E-state index in [1.54, 1.807) is 0 Å². The third-order valence-electron chi connectivity index (χ3n) is 3.30. The molecule has 0 bridgehead atoms. The van der Waals surface area contributed by atoms with E-state index in [0.717, 1.165) is 10.4 Å². The third kappa shape index (κ3) is 2.05. The van der Waals surface area contributed by atoms with E-state index in [0.29, 0.717) is 24.2 Å². The van der Waals surface area contributed by atoms with Crippen LogP contribution in [-0.4, -0.2) is 40.0 Å². The van der Waals surface area contributed by atoms with Gasteiger partial charge in [0.25, 0.3) is 0 Å². The smallest absolute Gasteiger partial charge is 0.407 e. The summed E-state index contributed by atoms with van der Waals surface area (Å²) in [4.78, 5) is 27.0. The molecule has 1 amide bonds. The maximum absolute atomic E-state index is 11.0. The van der Waals surface area contributed by atoms with Gasteiger partial charge >= 0.3 is 6.09 Å². The molecule has 6 heteroatoms. The van der Waals surface area contributed by atoms with Crippen molar-refractivity contribution in [3.8, 4) is 0 Å². The first kappa shape index (κ1) is 11.7. The minimum atomic E-state index is -1.09. The maximum Gasteiger partial charge on any atom is 0.407 e. The van der Waals surface area contributed by atoms with E-state index in [4.69, 9.17) is 9.52 Å². The maximum atomic E-state index is 11.0. The number of amides is 1. The number of hydrogen-bond donors (Lipinski definition) is 1. The molecule has 19 heavy (non-hydrogen) atoms.